The highest BCUT2D eigenvalue weighted by Crippen LogP contribution is 2.40. The van der Waals surface area contributed by atoms with Crippen LogP contribution in [0, 0.1) is 0 Å². The zero-order chi connectivity index (χ0) is 23.9. The first-order chi connectivity index (χ1) is 16.3. The number of fused-ring (bicyclic) bond motifs is 1. The number of alkyl halides is 3. The fraction of sp³-hybridized carbons (Fsp3) is 0.0800. The lowest BCUT2D eigenvalue weighted by Gasteiger charge is -2.14. The molecule has 0 radical (unpaired) electrons. The number of hydrogen-bond donors (Lipinski definition) is 0. The molecule has 0 aliphatic heterocycles. The number of nitrogens with zero attached hydrogens (tertiary/aromatic N) is 3. The Kier molecular flexibility index (Phi) is 5.45. The molecular weight excluding hydrogens is 467 g/mol. The first-order valence-electron chi connectivity index (χ1n) is 10.2. The van der Waals surface area contributed by atoms with Crippen molar-refractivity contribution in [3.8, 4) is 11.5 Å². The second-order valence-corrected chi connectivity index (χ2v) is 7.98. The smallest absolute Gasteiger partial charge is 0.432 e. The van der Waals surface area contributed by atoms with E-state index in [-0.39, 0.29) is 29.1 Å². The van der Waals surface area contributed by atoms with Gasteiger partial charge in [-0.1, -0.05) is 41.9 Å². The van der Waals surface area contributed by atoms with Crippen molar-refractivity contribution in [2.45, 2.75) is 12.7 Å². The zero-order valence-electron chi connectivity index (χ0n) is 17.4. The number of carbonyl (C=O) groups is 1. The SMILES string of the molecule is O=C(c1cnc(-c2ccncc2)o1)c1c(C(F)(F)F)n(Cc2ccc(Cl)cc2)c2ccccc12. The summed E-state index contributed by atoms with van der Waals surface area (Å²) in [6, 6.07) is 16.0. The molecule has 0 bridgehead atoms. The summed E-state index contributed by atoms with van der Waals surface area (Å²) in [5, 5.41) is 0.652. The Morgan fingerprint density at radius 1 is 1.00 bits per heavy atom. The lowest BCUT2D eigenvalue weighted by Crippen LogP contribution is -2.18. The van der Waals surface area contributed by atoms with E-state index in [1.807, 2.05) is 0 Å². The van der Waals surface area contributed by atoms with Gasteiger partial charge in [0.1, 0.15) is 5.69 Å². The quantitative estimate of drug-likeness (QED) is 0.264. The van der Waals surface area contributed by atoms with Gasteiger partial charge in [0.25, 0.3) is 0 Å². The molecule has 9 heteroatoms. The predicted molar refractivity (Wildman–Crippen MR) is 121 cm³/mol. The van der Waals surface area contributed by atoms with Crippen molar-refractivity contribution in [2.75, 3.05) is 0 Å². The molecule has 170 valence electrons. The molecule has 5 aromatic rings. The number of carbonyl (C=O) groups excluding carboxylic acids is 1. The second kappa shape index (κ2) is 8.46. The minimum absolute atomic E-state index is 0.0987. The summed E-state index contributed by atoms with van der Waals surface area (Å²) in [6.07, 6.45) is -0.617. The van der Waals surface area contributed by atoms with E-state index in [2.05, 4.69) is 9.97 Å². The van der Waals surface area contributed by atoms with Crippen LogP contribution in [0.15, 0.2) is 83.7 Å². The molecule has 0 unspecified atom stereocenters. The monoisotopic (exact) mass is 481 g/mol. The molecular formula is C25H15ClF3N3O2. The topological polar surface area (TPSA) is 60.9 Å². The Labute approximate surface area is 196 Å². The van der Waals surface area contributed by atoms with Gasteiger partial charge in [0.05, 0.1) is 11.8 Å². The molecule has 0 aliphatic rings. The van der Waals surface area contributed by atoms with E-state index in [0.29, 0.717) is 16.1 Å². The third-order valence-electron chi connectivity index (χ3n) is 5.38. The largest absolute Gasteiger partial charge is 0.433 e. The molecule has 0 atom stereocenters. The van der Waals surface area contributed by atoms with Crippen molar-refractivity contribution < 1.29 is 22.4 Å². The maximum absolute atomic E-state index is 14.4. The highest BCUT2D eigenvalue weighted by molar-refractivity contribution is 6.30. The van der Waals surface area contributed by atoms with Gasteiger partial charge in [-0.3, -0.25) is 9.78 Å². The number of para-hydroxylation sites is 1. The van der Waals surface area contributed by atoms with Crippen LogP contribution in [0.25, 0.3) is 22.4 Å². The Balaban J connectivity index is 1.67. The molecule has 0 amide bonds. The van der Waals surface area contributed by atoms with Crippen LogP contribution < -0.4 is 0 Å². The molecule has 5 rings (SSSR count). The number of halogens is 4. The van der Waals surface area contributed by atoms with Crippen molar-refractivity contribution in [1.29, 1.82) is 0 Å². The fourth-order valence-electron chi connectivity index (χ4n) is 3.89. The first kappa shape index (κ1) is 21.9. The third-order valence-corrected chi connectivity index (χ3v) is 5.63. The van der Waals surface area contributed by atoms with Gasteiger partial charge in [-0.05, 0) is 35.9 Å². The van der Waals surface area contributed by atoms with E-state index in [1.165, 1.54) is 18.5 Å². The molecule has 5 nitrogen and oxygen atoms in total. The number of ketones is 1. The van der Waals surface area contributed by atoms with Crippen molar-refractivity contribution >= 4 is 28.3 Å². The zero-order valence-corrected chi connectivity index (χ0v) is 18.1. The number of benzene rings is 2. The average molecular weight is 482 g/mol. The number of oxazole rings is 1. The van der Waals surface area contributed by atoms with Gasteiger partial charge in [-0.15, -0.1) is 0 Å². The Hall–Kier alpha value is -3.91. The van der Waals surface area contributed by atoms with Crippen LogP contribution in [-0.4, -0.2) is 20.3 Å². The fourth-order valence-corrected chi connectivity index (χ4v) is 4.02. The average Bonchev–Trinajstić information content (AvgIpc) is 3.44. The summed E-state index contributed by atoms with van der Waals surface area (Å²) in [5.41, 5.74) is -0.0865. The van der Waals surface area contributed by atoms with Gasteiger partial charge in [0.2, 0.25) is 11.7 Å². The van der Waals surface area contributed by atoms with Crippen LogP contribution in [0.3, 0.4) is 0 Å². The minimum Gasteiger partial charge on any atom is -0.433 e. The molecule has 0 saturated heterocycles. The number of rotatable bonds is 5. The summed E-state index contributed by atoms with van der Waals surface area (Å²) in [7, 11) is 0. The summed E-state index contributed by atoms with van der Waals surface area (Å²) < 4.78 is 49.9. The van der Waals surface area contributed by atoms with Crippen molar-refractivity contribution in [2.24, 2.45) is 0 Å². The number of aromatic nitrogens is 3. The highest BCUT2D eigenvalue weighted by Gasteiger charge is 2.42. The van der Waals surface area contributed by atoms with Crippen LogP contribution >= 0.6 is 11.6 Å². The van der Waals surface area contributed by atoms with E-state index in [4.69, 9.17) is 16.0 Å². The second-order valence-electron chi connectivity index (χ2n) is 7.55. The Bertz CT molecular complexity index is 1490. The normalized spacial score (nSPS) is 11.8. The lowest BCUT2D eigenvalue weighted by molar-refractivity contribution is -0.143. The van der Waals surface area contributed by atoms with Gasteiger partial charge < -0.3 is 8.98 Å². The van der Waals surface area contributed by atoms with Crippen LogP contribution in [-0.2, 0) is 12.7 Å². The maximum atomic E-state index is 14.4. The van der Waals surface area contributed by atoms with Crippen molar-refractivity contribution in [1.82, 2.24) is 14.5 Å². The van der Waals surface area contributed by atoms with Crippen molar-refractivity contribution in [3.05, 3.63) is 107 Å². The Morgan fingerprint density at radius 2 is 1.71 bits per heavy atom. The summed E-state index contributed by atoms with van der Waals surface area (Å²) in [6.45, 7) is -0.0987. The highest BCUT2D eigenvalue weighted by atomic mass is 35.5. The molecule has 0 fully saturated rings. The van der Waals surface area contributed by atoms with E-state index in [1.54, 1.807) is 54.6 Å². The van der Waals surface area contributed by atoms with Crippen LogP contribution in [0.1, 0.15) is 27.4 Å². The van der Waals surface area contributed by atoms with Crippen LogP contribution in [0.4, 0.5) is 13.2 Å². The van der Waals surface area contributed by atoms with E-state index >= 15 is 0 Å². The van der Waals surface area contributed by atoms with E-state index < -0.39 is 23.2 Å². The maximum Gasteiger partial charge on any atom is 0.432 e. The van der Waals surface area contributed by atoms with Gasteiger partial charge in [-0.25, -0.2) is 4.98 Å². The number of pyridine rings is 1. The van der Waals surface area contributed by atoms with Gasteiger partial charge in [-0.2, -0.15) is 13.2 Å². The molecule has 0 aliphatic carbocycles. The van der Waals surface area contributed by atoms with Gasteiger partial charge in [0, 0.05) is 40.4 Å². The Morgan fingerprint density at radius 3 is 2.41 bits per heavy atom. The molecule has 34 heavy (non-hydrogen) atoms. The first-order valence-corrected chi connectivity index (χ1v) is 10.5. The predicted octanol–water partition coefficient (Wildman–Crippen LogP) is 6.64. The van der Waals surface area contributed by atoms with Crippen LogP contribution in [0.2, 0.25) is 5.02 Å². The molecule has 0 saturated carbocycles. The minimum atomic E-state index is -4.80. The molecule has 2 aromatic carbocycles. The third kappa shape index (κ3) is 3.97. The standard InChI is InChI=1S/C25H15ClF3N3O2/c26-17-7-5-15(6-8-17)14-32-19-4-2-1-3-18(19)21(23(32)25(27,28)29)22(33)20-13-31-24(34-20)16-9-11-30-12-10-16/h1-13H,14H2. The summed E-state index contributed by atoms with van der Waals surface area (Å²) in [4.78, 5) is 21.4. The summed E-state index contributed by atoms with van der Waals surface area (Å²) in [5.74, 6) is -1.07. The molecule has 3 heterocycles. The number of hydrogen-bond acceptors (Lipinski definition) is 4. The van der Waals surface area contributed by atoms with Crippen molar-refractivity contribution in [3.63, 3.8) is 0 Å². The van der Waals surface area contributed by atoms with Gasteiger partial charge >= 0.3 is 6.18 Å². The molecule has 3 aromatic heterocycles. The van der Waals surface area contributed by atoms with Crippen LogP contribution in [0.5, 0.6) is 0 Å². The van der Waals surface area contributed by atoms with E-state index in [9.17, 15) is 18.0 Å². The van der Waals surface area contributed by atoms with E-state index in [0.717, 1.165) is 10.8 Å². The molecule has 0 spiro atoms. The van der Waals surface area contributed by atoms with Gasteiger partial charge in [0.15, 0.2) is 5.76 Å². The summed E-state index contributed by atoms with van der Waals surface area (Å²) >= 11 is 5.92. The molecule has 0 N–H and O–H groups in total. The lowest BCUT2D eigenvalue weighted by atomic mass is 10.0.